The molecule has 0 radical (unpaired) electrons. The number of rotatable bonds is 5. The van der Waals surface area contributed by atoms with Crippen LogP contribution in [0.25, 0.3) is 0 Å². The van der Waals surface area contributed by atoms with Gasteiger partial charge in [-0.1, -0.05) is 6.92 Å². The molecule has 0 saturated heterocycles. The van der Waals surface area contributed by atoms with E-state index in [9.17, 15) is 13.6 Å². The van der Waals surface area contributed by atoms with Gasteiger partial charge in [0, 0.05) is 23.4 Å². The standard InChI is InChI=1S/C15H13F2NO2/c1-2-3-20-14-6-11(8-18-9-14)15(19)10-4-12(16)7-13(17)5-10/h4-9H,2-3H2,1H3. The van der Waals surface area contributed by atoms with Crippen molar-refractivity contribution in [1.29, 1.82) is 0 Å². The molecule has 0 saturated carbocycles. The van der Waals surface area contributed by atoms with Gasteiger partial charge in [-0.25, -0.2) is 8.78 Å². The Morgan fingerprint density at radius 3 is 2.45 bits per heavy atom. The molecular formula is C15H13F2NO2. The molecule has 0 atom stereocenters. The highest BCUT2D eigenvalue weighted by atomic mass is 19.1. The van der Waals surface area contributed by atoms with Crippen LogP contribution >= 0.6 is 0 Å². The number of ketones is 1. The summed E-state index contributed by atoms with van der Waals surface area (Å²) in [6, 6.07) is 4.21. The molecule has 1 aromatic heterocycles. The fourth-order valence-corrected chi connectivity index (χ4v) is 1.69. The molecule has 0 bridgehead atoms. The largest absolute Gasteiger partial charge is 0.492 e. The van der Waals surface area contributed by atoms with Gasteiger partial charge in [0.25, 0.3) is 0 Å². The molecule has 0 aliphatic heterocycles. The van der Waals surface area contributed by atoms with Crippen molar-refractivity contribution < 1.29 is 18.3 Å². The summed E-state index contributed by atoms with van der Waals surface area (Å²) >= 11 is 0. The summed E-state index contributed by atoms with van der Waals surface area (Å²) in [6.45, 7) is 2.46. The third-order valence-electron chi connectivity index (χ3n) is 2.57. The van der Waals surface area contributed by atoms with Gasteiger partial charge in [0.15, 0.2) is 5.78 Å². The predicted molar refractivity (Wildman–Crippen MR) is 69.8 cm³/mol. The number of nitrogens with zero attached hydrogens (tertiary/aromatic N) is 1. The first-order valence-electron chi connectivity index (χ1n) is 6.19. The van der Waals surface area contributed by atoms with Crippen LogP contribution in [0.4, 0.5) is 8.78 Å². The summed E-state index contributed by atoms with van der Waals surface area (Å²) in [6.07, 6.45) is 3.65. The van der Waals surface area contributed by atoms with Crippen LogP contribution in [0.2, 0.25) is 0 Å². The molecule has 0 unspecified atom stereocenters. The Hall–Kier alpha value is -2.30. The fourth-order valence-electron chi connectivity index (χ4n) is 1.69. The Balaban J connectivity index is 2.28. The van der Waals surface area contributed by atoms with Crippen molar-refractivity contribution >= 4 is 5.78 Å². The van der Waals surface area contributed by atoms with Crippen LogP contribution in [0.3, 0.4) is 0 Å². The maximum absolute atomic E-state index is 13.1. The lowest BCUT2D eigenvalue weighted by atomic mass is 10.0. The molecule has 104 valence electrons. The van der Waals surface area contributed by atoms with Crippen LogP contribution in [0.15, 0.2) is 36.7 Å². The summed E-state index contributed by atoms with van der Waals surface area (Å²) in [4.78, 5) is 16.0. The minimum absolute atomic E-state index is 0.0584. The Morgan fingerprint density at radius 2 is 1.80 bits per heavy atom. The summed E-state index contributed by atoms with van der Waals surface area (Å²) < 4.78 is 31.6. The van der Waals surface area contributed by atoms with E-state index in [4.69, 9.17) is 4.74 Å². The normalized spacial score (nSPS) is 10.3. The van der Waals surface area contributed by atoms with E-state index in [-0.39, 0.29) is 11.1 Å². The van der Waals surface area contributed by atoms with E-state index in [0.29, 0.717) is 12.4 Å². The maximum Gasteiger partial charge on any atom is 0.194 e. The minimum atomic E-state index is -0.792. The van der Waals surface area contributed by atoms with Crippen molar-refractivity contribution in [3.05, 3.63) is 59.4 Å². The van der Waals surface area contributed by atoms with E-state index in [1.807, 2.05) is 6.92 Å². The Kier molecular flexibility index (Phi) is 4.40. The van der Waals surface area contributed by atoms with Gasteiger partial charge in [-0.2, -0.15) is 0 Å². The first-order chi connectivity index (χ1) is 9.60. The second-order valence-electron chi connectivity index (χ2n) is 4.25. The highest BCUT2D eigenvalue weighted by Crippen LogP contribution is 2.17. The zero-order valence-electron chi connectivity index (χ0n) is 10.9. The van der Waals surface area contributed by atoms with Gasteiger partial charge in [-0.05, 0) is 24.6 Å². The number of carbonyl (C=O) groups is 1. The summed E-state index contributed by atoms with van der Waals surface area (Å²) in [5, 5.41) is 0. The average Bonchev–Trinajstić information content (AvgIpc) is 2.43. The molecule has 0 aliphatic carbocycles. The first-order valence-corrected chi connectivity index (χ1v) is 6.19. The van der Waals surface area contributed by atoms with Gasteiger partial charge >= 0.3 is 0 Å². The molecule has 5 heteroatoms. The van der Waals surface area contributed by atoms with Crippen molar-refractivity contribution in [2.24, 2.45) is 0 Å². The molecule has 0 amide bonds. The van der Waals surface area contributed by atoms with Crippen LogP contribution in [0.5, 0.6) is 5.75 Å². The van der Waals surface area contributed by atoms with Crippen LogP contribution in [0.1, 0.15) is 29.3 Å². The molecule has 2 aromatic rings. The average molecular weight is 277 g/mol. The van der Waals surface area contributed by atoms with Gasteiger partial charge in [-0.3, -0.25) is 9.78 Å². The van der Waals surface area contributed by atoms with Crippen LogP contribution < -0.4 is 4.74 Å². The molecule has 0 spiro atoms. The van der Waals surface area contributed by atoms with E-state index < -0.39 is 17.4 Å². The first kappa shape index (κ1) is 14.1. The lowest BCUT2D eigenvalue weighted by molar-refractivity contribution is 0.103. The summed E-state index contributed by atoms with van der Waals surface area (Å²) in [7, 11) is 0. The van der Waals surface area contributed by atoms with Crippen molar-refractivity contribution in [2.45, 2.75) is 13.3 Å². The van der Waals surface area contributed by atoms with E-state index >= 15 is 0 Å². The van der Waals surface area contributed by atoms with Gasteiger partial charge < -0.3 is 4.74 Å². The molecule has 0 N–H and O–H groups in total. The number of benzene rings is 1. The molecule has 2 rings (SSSR count). The van der Waals surface area contributed by atoms with E-state index in [2.05, 4.69) is 4.98 Å². The smallest absolute Gasteiger partial charge is 0.194 e. The second kappa shape index (κ2) is 6.23. The molecule has 0 aliphatic rings. The molecule has 20 heavy (non-hydrogen) atoms. The highest BCUT2D eigenvalue weighted by Gasteiger charge is 2.13. The monoisotopic (exact) mass is 277 g/mol. The molecule has 1 heterocycles. The third kappa shape index (κ3) is 3.38. The topological polar surface area (TPSA) is 39.2 Å². The van der Waals surface area contributed by atoms with E-state index in [1.54, 1.807) is 0 Å². The number of halogens is 2. The molecule has 3 nitrogen and oxygen atoms in total. The lowest BCUT2D eigenvalue weighted by Crippen LogP contribution is -2.04. The fraction of sp³-hybridized carbons (Fsp3) is 0.200. The number of hydrogen-bond acceptors (Lipinski definition) is 3. The van der Waals surface area contributed by atoms with Gasteiger partial charge in [0.2, 0.25) is 0 Å². The number of hydrogen-bond donors (Lipinski definition) is 0. The Labute approximate surface area is 115 Å². The van der Waals surface area contributed by atoms with Gasteiger partial charge in [0.05, 0.1) is 12.8 Å². The SMILES string of the molecule is CCCOc1cncc(C(=O)c2cc(F)cc(F)c2)c1. The maximum atomic E-state index is 13.1. The molecule has 0 fully saturated rings. The lowest BCUT2D eigenvalue weighted by Gasteiger charge is -2.06. The zero-order valence-corrected chi connectivity index (χ0v) is 10.9. The van der Waals surface area contributed by atoms with Crippen molar-refractivity contribution in [3.8, 4) is 5.75 Å². The Bertz CT molecular complexity index is 609. The number of pyridine rings is 1. The zero-order chi connectivity index (χ0) is 14.5. The number of carbonyl (C=O) groups excluding carboxylic acids is 1. The van der Waals surface area contributed by atoms with Crippen LogP contribution in [-0.4, -0.2) is 17.4 Å². The van der Waals surface area contributed by atoms with Gasteiger partial charge in [-0.15, -0.1) is 0 Å². The van der Waals surface area contributed by atoms with Crippen molar-refractivity contribution in [2.75, 3.05) is 6.61 Å². The number of ether oxygens (including phenoxy) is 1. The number of aromatic nitrogens is 1. The van der Waals surface area contributed by atoms with E-state index in [0.717, 1.165) is 24.6 Å². The highest BCUT2D eigenvalue weighted by molar-refractivity contribution is 6.09. The Morgan fingerprint density at radius 1 is 1.10 bits per heavy atom. The van der Waals surface area contributed by atoms with E-state index in [1.165, 1.54) is 18.5 Å². The minimum Gasteiger partial charge on any atom is -0.492 e. The quantitative estimate of drug-likeness (QED) is 0.786. The van der Waals surface area contributed by atoms with Crippen molar-refractivity contribution in [1.82, 2.24) is 4.98 Å². The molecule has 1 aromatic carbocycles. The molecular weight excluding hydrogens is 264 g/mol. The summed E-state index contributed by atoms with van der Waals surface area (Å²) in [5.41, 5.74) is 0.167. The second-order valence-corrected chi connectivity index (χ2v) is 4.25. The predicted octanol–water partition coefficient (Wildman–Crippen LogP) is 3.38. The van der Waals surface area contributed by atoms with Crippen molar-refractivity contribution in [3.63, 3.8) is 0 Å². The van der Waals surface area contributed by atoms with Crippen LogP contribution in [0, 0.1) is 11.6 Å². The van der Waals surface area contributed by atoms with Crippen LogP contribution in [-0.2, 0) is 0 Å². The summed E-state index contributed by atoms with van der Waals surface area (Å²) in [5.74, 6) is -1.63. The third-order valence-corrected chi connectivity index (χ3v) is 2.57. The van der Waals surface area contributed by atoms with Gasteiger partial charge in [0.1, 0.15) is 17.4 Å².